The minimum atomic E-state index is -3.99. The zero-order chi connectivity index (χ0) is 27.6. The molecule has 2 heterocycles. The van der Waals surface area contributed by atoms with Crippen molar-refractivity contribution in [3.63, 3.8) is 0 Å². The van der Waals surface area contributed by atoms with Gasteiger partial charge in [-0.25, -0.2) is 8.42 Å². The molecule has 1 aliphatic carbocycles. The number of benzene rings is 1. The number of sulfonamides is 1. The normalized spacial score (nSPS) is 16.6. The first-order valence-corrected chi connectivity index (χ1v) is 14.1. The molecule has 12 heteroatoms. The standard InChI is InChI=1S/C26H34N4O7S/c1-25(2,33)17-37-22-6-4-5-21(27-22)28-24(32)19-8-7-18(29-38(34,35)16-23(31)36-3)15-20(19)30-13-11-26(9-10-26)12-14-30/h4-8,15,29,33H,9-14,16-17H2,1-3H3,(H,27,28,32). The third-order valence-electron chi connectivity index (χ3n) is 6.71. The molecule has 0 atom stereocenters. The molecule has 38 heavy (non-hydrogen) atoms. The van der Waals surface area contributed by atoms with Gasteiger partial charge in [0.05, 0.1) is 29.6 Å². The minimum absolute atomic E-state index is 0.0331. The van der Waals surface area contributed by atoms with Crippen LogP contribution in [0.2, 0.25) is 0 Å². The second-order valence-electron chi connectivity index (χ2n) is 10.6. The maximum atomic E-state index is 13.4. The summed E-state index contributed by atoms with van der Waals surface area (Å²) in [6.45, 7) is 4.76. The van der Waals surface area contributed by atoms with E-state index in [0.717, 1.165) is 33.0 Å². The van der Waals surface area contributed by atoms with Crippen molar-refractivity contribution in [3.05, 3.63) is 42.0 Å². The van der Waals surface area contributed by atoms with Gasteiger partial charge in [0.15, 0.2) is 5.75 Å². The first-order chi connectivity index (χ1) is 17.9. The number of carbonyl (C=O) groups is 2. The average molecular weight is 547 g/mol. The lowest BCUT2D eigenvalue weighted by atomic mass is 9.93. The zero-order valence-corrected chi connectivity index (χ0v) is 22.6. The Labute approximate surface area is 222 Å². The third-order valence-corrected chi connectivity index (χ3v) is 7.87. The molecule has 3 N–H and O–H groups in total. The summed E-state index contributed by atoms with van der Waals surface area (Å²) in [6, 6.07) is 9.59. The van der Waals surface area contributed by atoms with Crippen molar-refractivity contribution in [1.29, 1.82) is 0 Å². The Kier molecular flexibility index (Phi) is 7.84. The maximum Gasteiger partial charge on any atom is 0.322 e. The summed E-state index contributed by atoms with van der Waals surface area (Å²) in [5.41, 5.74) is 0.561. The molecule has 1 aliphatic heterocycles. The zero-order valence-electron chi connectivity index (χ0n) is 21.8. The summed E-state index contributed by atoms with van der Waals surface area (Å²) < 4.78 is 37.2. The number of nitrogens with zero attached hydrogens (tertiary/aromatic N) is 2. The quantitative estimate of drug-likeness (QED) is 0.383. The van der Waals surface area contributed by atoms with Crippen molar-refractivity contribution >= 4 is 39.1 Å². The number of ether oxygens (including phenoxy) is 2. The van der Waals surface area contributed by atoms with Gasteiger partial charge >= 0.3 is 5.97 Å². The van der Waals surface area contributed by atoms with Crippen molar-refractivity contribution in [1.82, 2.24) is 4.98 Å². The van der Waals surface area contributed by atoms with Crippen molar-refractivity contribution in [2.75, 3.05) is 47.5 Å². The van der Waals surface area contributed by atoms with Gasteiger partial charge in [-0.1, -0.05) is 6.07 Å². The molecule has 11 nitrogen and oxygen atoms in total. The molecule has 1 aromatic carbocycles. The van der Waals surface area contributed by atoms with Crippen LogP contribution >= 0.6 is 0 Å². The highest BCUT2D eigenvalue weighted by molar-refractivity contribution is 7.93. The SMILES string of the molecule is COC(=O)CS(=O)(=O)Nc1ccc(C(=O)Nc2cccc(OCC(C)(C)O)n2)c(N2CCC3(CC2)CC3)c1. The summed E-state index contributed by atoms with van der Waals surface area (Å²) in [4.78, 5) is 31.3. The third kappa shape index (κ3) is 7.35. The molecule has 4 rings (SSSR count). The number of amides is 1. The minimum Gasteiger partial charge on any atom is -0.475 e. The Morgan fingerprint density at radius 1 is 1.13 bits per heavy atom. The molecule has 1 saturated carbocycles. The first-order valence-electron chi connectivity index (χ1n) is 12.5. The summed E-state index contributed by atoms with van der Waals surface area (Å²) in [5.74, 6) is -1.58. The van der Waals surface area contributed by atoms with E-state index in [2.05, 4.69) is 24.7 Å². The van der Waals surface area contributed by atoms with Crippen molar-refractivity contribution in [2.45, 2.75) is 45.1 Å². The number of aliphatic hydroxyl groups is 1. The number of pyridine rings is 1. The predicted octanol–water partition coefficient (Wildman–Crippen LogP) is 2.78. The first kappa shape index (κ1) is 27.6. The van der Waals surface area contributed by atoms with Gasteiger partial charge in [0.25, 0.3) is 5.91 Å². The van der Waals surface area contributed by atoms with E-state index in [1.807, 2.05) is 0 Å². The topological polar surface area (TPSA) is 147 Å². The molecule has 0 unspecified atom stereocenters. The van der Waals surface area contributed by atoms with Gasteiger partial charge in [0.1, 0.15) is 12.4 Å². The number of carbonyl (C=O) groups excluding carboxylic acids is 2. The number of esters is 1. The molecule has 0 radical (unpaired) electrons. The van der Waals surface area contributed by atoms with Gasteiger partial charge in [-0.2, -0.15) is 4.98 Å². The Hall–Kier alpha value is -3.38. The molecule has 206 valence electrons. The van der Waals surface area contributed by atoms with Crippen LogP contribution < -0.4 is 19.7 Å². The Bertz CT molecular complexity index is 1290. The summed E-state index contributed by atoms with van der Waals surface area (Å²) in [5, 5.41) is 12.7. The van der Waals surface area contributed by atoms with E-state index in [4.69, 9.17) is 4.74 Å². The van der Waals surface area contributed by atoms with Gasteiger partial charge in [0, 0.05) is 19.2 Å². The second-order valence-corrected chi connectivity index (χ2v) is 12.3. The number of piperidine rings is 1. The highest BCUT2D eigenvalue weighted by Crippen LogP contribution is 2.54. The Morgan fingerprint density at radius 2 is 1.84 bits per heavy atom. The fourth-order valence-electron chi connectivity index (χ4n) is 4.38. The molecule has 2 aromatic rings. The highest BCUT2D eigenvalue weighted by Gasteiger charge is 2.44. The van der Waals surface area contributed by atoms with E-state index in [1.165, 1.54) is 18.9 Å². The lowest BCUT2D eigenvalue weighted by Gasteiger charge is -2.35. The van der Waals surface area contributed by atoms with Gasteiger partial charge in [-0.3, -0.25) is 14.3 Å². The smallest absolute Gasteiger partial charge is 0.322 e. The molecule has 1 aromatic heterocycles. The van der Waals surface area contributed by atoms with Crippen LogP contribution in [0.5, 0.6) is 5.88 Å². The van der Waals surface area contributed by atoms with Crippen molar-refractivity contribution in [2.24, 2.45) is 5.41 Å². The summed E-state index contributed by atoms with van der Waals surface area (Å²) in [6.07, 6.45) is 4.46. The molecule has 2 aliphatic rings. The van der Waals surface area contributed by atoms with Crippen LogP contribution in [0.4, 0.5) is 17.2 Å². The average Bonchev–Trinajstić information content (AvgIpc) is 3.61. The second kappa shape index (κ2) is 10.8. The number of rotatable bonds is 10. The van der Waals surface area contributed by atoms with E-state index in [9.17, 15) is 23.1 Å². The van der Waals surface area contributed by atoms with Crippen molar-refractivity contribution < 1.29 is 32.6 Å². The molecule has 1 spiro atoms. The summed E-state index contributed by atoms with van der Waals surface area (Å²) in [7, 11) is -2.87. The molecule has 1 amide bonds. The molecule has 0 bridgehead atoms. The number of hydrogen-bond donors (Lipinski definition) is 3. The maximum absolute atomic E-state index is 13.4. The van der Waals surface area contributed by atoms with Crippen molar-refractivity contribution in [3.8, 4) is 5.88 Å². The lowest BCUT2D eigenvalue weighted by molar-refractivity contribution is -0.137. The number of nitrogens with one attached hydrogen (secondary N) is 2. The fraction of sp³-hybridized carbons (Fsp3) is 0.500. The Morgan fingerprint density at radius 3 is 2.47 bits per heavy atom. The Balaban J connectivity index is 1.56. The fourth-order valence-corrected chi connectivity index (χ4v) is 5.36. The number of anilines is 3. The molecule has 1 saturated heterocycles. The van der Waals surface area contributed by atoms with Crippen LogP contribution in [0.3, 0.4) is 0 Å². The van der Waals surface area contributed by atoms with Crippen LogP contribution in [0.25, 0.3) is 0 Å². The number of hydrogen-bond acceptors (Lipinski definition) is 9. The van der Waals surface area contributed by atoms with Crippen LogP contribution in [-0.4, -0.2) is 68.5 Å². The van der Waals surface area contributed by atoms with Crippen LogP contribution in [0.15, 0.2) is 36.4 Å². The predicted molar refractivity (Wildman–Crippen MR) is 143 cm³/mol. The van der Waals surface area contributed by atoms with Crippen LogP contribution in [-0.2, 0) is 19.6 Å². The van der Waals surface area contributed by atoms with E-state index in [1.54, 1.807) is 44.2 Å². The number of methoxy groups -OCH3 is 1. The number of aromatic nitrogens is 1. The van der Waals surface area contributed by atoms with Gasteiger partial charge in [-0.15, -0.1) is 0 Å². The van der Waals surface area contributed by atoms with Gasteiger partial charge in [0.2, 0.25) is 15.9 Å². The molecular formula is C26H34N4O7S. The monoisotopic (exact) mass is 546 g/mol. The van der Waals surface area contributed by atoms with E-state index in [0.29, 0.717) is 16.7 Å². The summed E-state index contributed by atoms with van der Waals surface area (Å²) >= 11 is 0. The highest BCUT2D eigenvalue weighted by atomic mass is 32.2. The van der Waals surface area contributed by atoms with Gasteiger partial charge in [-0.05, 0) is 69.2 Å². The van der Waals surface area contributed by atoms with Gasteiger partial charge < -0.3 is 24.8 Å². The van der Waals surface area contributed by atoms with E-state index in [-0.39, 0.29) is 24.0 Å². The van der Waals surface area contributed by atoms with Crippen LogP contribution in [0.1, 0.15) is 49.9 Å². The lowest BCUT2D eigenvalue weighted by Crippen LogP contribution is -2.36. The molecular weight excluding hydrogens is 512 g/mol. The molecule has 2 fully saturated rings. The largest absolute Gasteiger partial charge is 0.475 e. The van der Waals surface area contributed by atoms with E-state index < -0.39 is 33.3 Å². The van der Waals surface area contributed by atoms with E-state index >= 15 is 0 Å². The van der Waals surface area contributed by atoms with Crippen LogP contribution in [0, 0.1) is 5.41 Å².